The fourth-order valence-electron chi connectivity index (χ4n) is 6.31. The van der Waals surface area contributed by atoms with Crippen molar-refractivity contribution < 1.29 is 29.3 Å². The SMILES string of the molecule is COc1cc(O)c(C(=O)OC2CC3(C)C4CC(C)(C)CC4C=C(C=O)C23O)c(C)c1Cl. The van der Waals surface area contributed by atoms with E-state index in [0.717, 1.165) is 12.8 Å². The van der Waals surface area contributed by atoms with Crippen LogP contribution in [0.25, 0.3) is 0 Å². The second-order valence-corrected chi connectivity index (χ2v) is 10.7. The summed E-state index contributed by atoms with van der Waals surface area (Å²) in [7, 11) is 1.41. The minimum absolute atomic E-state index is 0.0738. The van der Waals surface area contributed by atoms with E-state index in [1.165, 1.54) is 13.2 Å². The molecule has 2 fully saturated rings. The van der Waals surface area contributed by atoms with Gasteiger partial charge in [0.05, 0.1) is 12.1 Å². The number of carbonyl (C=O) groups excluding carboxylic acids is 2. The van der Waals surface area contributed by atoms with Crippen LogP contribution in [0.15, 0.2) is 17.7 Å². The molecule has 5 atom stereocenters. The predicted octanol–water partition coefficient (Wildman–Crippen LogP) is 4.22. The predicted molar refractivity (Wildman–Crippen MR) is 115 cm³/mol. The number of hydrogen-bond acceptors (Lipinski definition) is 6. The first-order valence-electron chi connectivity index (χ1n) is 10.6. The molecule has 2 saturated carbocycles. The van der Waals surface area contributed by atoms with Crippen molar-refractivity contribution in [3.8, 4) is 11.5 Å². The second kappa shape index (κ2) is 6.97. The Bertz CT molecular complexity index is 998. The van der Waals surface area contributed by atoms with E-state index in [1.54, 1.807) is 6.92 Å². The van der Waals surface area contributed by atoms with Crippen molar-refractivity contribution in [3.63, 3.8) is 0 Å². The number of esters is 1. The molecular weight excluding hydrogens is 420 g/mol. The molecule has 0 heterocycles. The van der Waals surface area contributed by atoms with Gasteiger partial charge >= 0.3 is 5.97 Å². The molecule has 0 bridgehead atoms. The lowest BCUT2D eigenvalue weighted by atomic mass is 9.44. The zero-order valence-electron chi connectivity index (χ0n) is 18.5. The number of aldehydes is 1. The fraction of sp³-hybridized carbons (Fsp3) is 0.583. The van der Waals surface area contributed by atoms with Crippen LogP contribution in [0.3, 0.4) is 0 Å². The van der Waals surface area contributed by atoms with E-state index in [9.17, 15) is 19.8 Å². The lowest BCUT2D eigenvalue weighted by Gasteiger charge is -2.64. The molecule has 6 nitrogen and oxygen atoms in total. The number of fused-ring (bicyclic) bond motifs is 3. The van der Waals surface area contributed by atoms with E-state index >= 15 is 0 Å². The standard InChI is InChI=1S/C24H29ClO6/c1-12-19(16(27)7-17(30-5)20(12)25)21(28)31-18-10-23(4)15-9-22(2,3)8-13(15)6-14(11-26)24(18,23)29/h6-7,11,13,15,18,27,29H,8-10H2,1-5H3. The number of aliphatic hydroxyl groups is 1. The summed E-state index contributed by atoms with van der Waals surface area (Å²) in [6, 6.07) is 1.26. The smallest absolute Gasteiger partial charge is 0.342 e. The number of benzene rings is 1. The largest absolute Gasteiger partial charge is 0.507 e. The third kappa shape index (κ3) is 2.94. The summed E-state index contributed by atoms with van der Waals surface area (Å²) in [4.78, 5) is 24.9. The lowest BCUT2D eigenvalue weighted by molar-refractivity contribution is -0.246. The van der Waals surface area contributed by atoms with E-state index in [4.69, 9.17) is 21.1 Å². The summed E-state index contributed by atoms with van der Waals surface area (Å²) >= 11 is 6.24. The average molecular weight is 449 g/mol. The summed E-state index contributed by atoms with van der Waals surface area (Å²) in [6.07, 6.45) is 4.02. The number of hydrogen-bond donors (Lipinski definition) is 2. The molecule has 0 aromatic heterocycles. The molecule has 4 rings (SSSR count). The van der Waals surface area contributed by atoms with Crippen LogP contribution in [0.2, 0.25) is 5.02 Å². The van der Waals surface area contributed by atoms with Gasteiger partial charge in [0.1, 0.15) is 35.1 Å². The van der Waals surface area contributed by atoms with Crippen molar-refractivity contribution in [1.29, 1.82) is 0 Å². The van der Waals surface area contributed by atoms with Crippen LogP contribution in [-0.2, 0) is 9.53 Å². The van der Waals surface area contributed by atoms with Crippen LogP contribution >= 0.6 is 11.6 Å². The minimum Gasteiger partial charge on any atom is -0.507 e. The third-order valence-corrected chi connectivity index (χ3v) is 8.39. The highest BCUT2D eigenvalue weighted by Crippen LogP contribution is 2.68. The molecule has 31 heavy (non-hydrogen) atoms. The number of phenols is 1. The first-order valence-corrected chi connectivity index (χ1v) is 10.9. The molecule has 0 amide bonds. The normalized spacial score (nSPS) is 35.3. The van der Waals surface area contributed by atoms with Gasteiger partial charge in [-0.3, -0.25) is 4.79 Å². The maximum atomic E-state index is 13.0. The highest BCUT2D eigenvalue weighted by Gasteiger charge is 2.72. The lowest BCUT2D eigenvalue weighted by Crippen LogP contribution is -2.72. The number of phenolic OH excluding ortho intramolecular Hbond substituents is 1. The number of carbonyl (C=O) groups is 2. The molecule has 3 aliphatic carbocycles. The van der Waals surface area contributed by atoms with Gasteiger partial charge in [0.2, 0.25) is 0 Å². The van der Waals surface area contributed by atoms with E-state index in [2.05, 4.69) is 13.8 Å². The first-order chi connectivity index (χ1) is 14.4. The Morgan fingerprint density at radius 2 is 1.94 bits per heavy atom. The number of aromatic hydroxyl groups is 1. The Kier molecular flexibility index (Phi) is 4.98. The monoisotopic (exact) mass is 448 g/mol. The van der Waals surface area contributed by atoms with Gasteiger partial charge in [-0.15, -0.1) is 0 Å². The van der Waals surface area contributed by atoms with Gasteiger partial charge in [-0.1, -0.05) is 38.4 Å². The topological polar surface area (TPSA) is 93.1 Å². The van der Waals surface area contributed by atoms with E-state index in [-0.39, 0.29) is 44.9 Å². The van der Waals surface area contributed by atoms with Crippen LogP contribution < -0.4 is 4.74 Å². The third-order valence-electron chi connectivity index (χ3n) is 7.92. The maximum absolute atomic E-state index is 13.0. The Balaban J connectivity index is 1.66. The highest BCUT2D eigenvalue weighted by atomic mass is 35.5. The maximum Gasteiger partial charge on any atom is 0.342 e. The van der Waals surface area contributed by atoms with E-state index in [0.29, 0.717) is 18.3 Å². The molecule has 7 heteroatoms. The van der Waals surface area contributed by atoms with Crippen molar-refractivity contribution in [2.24, 2.45) is 22.7 Å². The van der Waals surface area contributed by atoms with Gasteiger partial charge in [0.25, 0.3) is 0 Å². The summed E-state index contributed by atoms with van der Waals surface area (Å²) in [5, 5.41) is 22.3. The van der Waals surface area contributed by atoms with Gasteiger partial charge in [-0.2, -0.15) is 0 Å². The molecular formula is C24H29ClO6. The molecule has 1 aromatic carbocycles. The van der Waals surface area contributed by atoms with Gasteiger partial charge in [0, 0.05) is 17.1 Å². The van der Waals surface area contributed by atoms with Crippen molar-refractivity contribution in [2.45, 2.75) is 58.7 Å². The molecule has 0 aliphatic heterocycles. The van der Waals surface area contributed by atoms with Crippen molar-refractivity contribution in [3.05, 3.63) is 33.9 Å². The molecule has 2 N–H and O–H groups in total. The summed E-state index contributed by atoms with van der Waals surface area (Å²) in [5.41, 5.74) is -1.45. The van der Waals surface area contributed by atoms with Crippen LogP contribution in [0.5, 0.6) is 11.5 Å². The zero-order chi connectivity index (χ0) is 22.9. The molecule has 0 spiro atoms. The van der Waals surface area contributed by atoms with Crippen molar-refractivity contribution >= 4 is 23.9 Å². The summed E-state index contributed by atoms with van der Waals surface area (Å²) in [5.74, 6) is -0.429. The number of allylic oxidation sites excluding steroid dienone is 1. The minimum atomic E-state index is -1.55. The van der Waals surface area contributed by atoms with Gasteiger partial charge in [0.15, 0.2) is 0 Å². The molecule has 0 saturated heterocycles. The van der Waals surface area contributed by atoms with Gasteiger partial charge in [-0.25, -0.2) is 4.79 Å². The van der Waals surface area contributed by atoms with Crippen LogP contribution in [-0.4, -0.2) is 41.3 Å². The quantitative estimate of drug-likeness (QED) is 0.529. The number of methoxy groups -OCH3 is 1. The Hall–Kier alpha value is -2.05. The van der Waals surface area contributed by atoms with E-state index < -0.39 is 23.1 Å². The van der Waals surface area contributed by atoms with Crippen molar-refractivity contribution in [2.75, 3.05) is 7.11 Å². The summed E-state index contributed by atoms with van der Waals surface area (Å²) in [6.45, 7) is 7.98. The number of halogens is 1. The van der Waals surface area contributed by atoms with Gasteiger partial charge < -0.3 is 19.7 Å². The Labute approximate surface area is 187 Å². The molecule has 0 radical (unpaired) electrons. The second-order valence-electron chi connectivity index (χ2n) is 10.3. The number of ether oxygens (including phenoxy) is 2. The van der Waals surface area contributed by atoms with Crippen LogP contribution in [0.1, 0.15) is 56.0 Å². The van der Waals surface area contributed by atoms with Gasteiger partial charge in [-0.05, 0) is 49.0 Å². The molecule has 168 valence electrons. The number of rotatable bonds is 4. The zero-order valence-corrected chi connectivity index (χ0v) is 19.2. The Morgan fingerprint density at radius 3 is 2.55 bits per heavy atom. The molecule has 1 aromatic rings. The fourth-order valence-corrected chi connectivity index (χ4v) is 6.54. The van der Waals surface area contributed by atoms with Crippen LogP contribution in [0.4, 0.5) is 0 Å². The Morgan fingerprint density at radius 1 is 1.26 bits per heavy atom. The average Bonchev–Trinajstić information content (AvgIpc) is 3.01. The van der Waals surface area contributed by atoms with Crippen molar-refractivity contribution in [1.82, 2.24) is 0 Å². The summed E-state index contributed by atoms with van der Waals surface area (Å²) < 4.78 is 10.8. The van der Waals surface area contributed by atoms with E-state index in [1.807, 2.05) is 13.0 Å². The molecule has 5 unspecified atom stereocenters. The highest BCUT2D eigenvalue weighted by molar-refractivity contribution is 6.33. The first kappa shape index (κ1) is 22.2. The van der Waals surface area contributed by atoms with Crippen LogP contribution in [0, 0.1) is 29.6 Å². The molecule has 3 aliphatic rings.